The number of nitrogen functional groups attached to an aromatic ring is 1. The number of ether oxygens (including phenoxy) is 1. The lowest BCUT2D eigenvalue weighted by Crippen LogP contribution is -2.29. The van der Waals surface area contributed by atoms with Crippen LogP contribution in [0.2, 0.25) is 0 Å². The molecule has 0 atom stereocenters. The lowest BCUT2D eigenvalue weighted by Gasteiger charge is -2.09. The fourth-order valence-corrected chi connectivity index (χ4v) is 1.29. The molecule has 0 radical (unpaired) electrons. The Kier molecular flexibility index (Phi) is 5.03. The van der Waals surface area contributed by atoms with Crippen LogP contribution in [0.15, 0.2) is 12.1 Å². The summed E-state index contributed by atoms with van der Waals surface area (Å²) in [6.45, 7) is 4.29. The average molecular weight is 258 g/mol. The van der Waals surface area contributed by atoms with Gasteiger partial charge in [0.1, 0.15) is 11.6 Å². The molecule has 1 rings (SSSR count). The van der Waals surface area contributed by atoms with Gasteiger partial charge in [-0.15, -0.1) is 0 Å². The monoisotopic (exact) mass is 258 g/mol. The molecule has 0 saturated carbocycles. The molecule has 1 amide bonds. The van der Waals surface area contributed by atoms with Crippen molar-refractivity contribution in [1.82, 2.24) is 5.32 Å². The van der Waals surface area contributed by atoms with Gasteiger partial charge in [0.05, 0.1) is 24.0 Å². The van der Waals surface area contributed by atoms with Crippen LogP contribution in [0.1, 0.15) is 24.2 Å². The lowest BCUT2D eigenvalue weighted by molar-refractivity contribution is 0.0745. The second kappa shape index (κ2) is 6.30. The molecule has 3 N–H and O–H groups in total. The van der Waals surface area contributed by atoms with Gasteiger partial charge in [-0.3, -0.25) is 4.79 Å². The minimum absolute atomic E-state index is 0.0557. The molecule has 100 valence electrons. The molecule has 0 fully saturated rings. The maximum absolute atomic E-state index is 13.3. The van der Waals surface area contributed by atoms with E-state index in [1.54, 1.807) is 0 Å². The molecular weight excluding hydrogens is 242 g/mol. The smallest absolute Gasteiger partial charge is 0.254 e. The second-order valence-electron chi connectivity index (χ2n) is 4.03. The normalized spacial score (nSPS) is 10.7. The van der Waals surface area contributed by atoms with Crippen molar-refractivity contribution in [3.63, 3.8) is 0 Å². The molecule has 6 heteroatoms. The highest BCUT2D eigenvalue weighted by Gasteiger charge is 2.14. The molecule has 0 unspecified atom stereocenters. The van der Waals surface area contributed by atoms with Gasteiger partial charge >= 0.3 is 0 Å². The molecule has 0 aromatic heterocycles. The molecule has 0 aliphatic rings. The highest BCUT2D eigenvalue weighted by molar-refractivity contribution is 5.95. The van der Waals surface area contributed by atoms with Gasteiger partial charge in [-0.1, -0.05) is 0 Å². The highest BCUT2D eigenvalue weighted by atomic mass is 19.1. The number of carbonyl (C=O) groups is 1. The van der Waals surface area contributed by atoms with E-state index in [1.807, 2.05) is 13.8 Å². The molecule has 0 spiro atoms. The van der Waals surface area contributed by atoms with Gasteiger partial charge in [-0.05, 0) is 19.9 Å². The van der Waals surface area contributed by atoms with Crippen molar-refractivity contribution in [3.05, 3.63) is 29.3 Å². The van der Waals surface area contributed by atoms with Crippen molar-refractivity contribution in [2.24, 2.45) is 0 Å². The number of hydrogen-bond acceptors (Lipinski definition) is 3. The summed E-state index contributed by atoms with van der Waals surface area (Å²) < 4.78 is 31.4. The first-order valence-corrected chi connectivity index (χ1v) is 5.56. The molecule has 0 aliphatic heterocycles. The third kappa shape index (κ3) is 3.96. The molecule has 18 heavy (non-hydrogen) atoms. The largest absolute Gasteiger partial charge is 0.396 e. The van der Waals surface area contributed by atoms with E-state index in [0.717, 1.165) is 6.07 Å². The number of carbonyl (C=O) groups excluding carboxylic acids is 1. The van der Waals surface area contributed by atoms with E-state index < -0.39 is 17.5 Å². The maximum Gasteiger partial charge on any atom is 0.254 e. The van der Waals surface area contributed by atoms with E-state index in [-0.39, 0.29) is 23.9 Å². The van der Waals surface area contributed by atoms with Gasteiger partial charge in [-0.25, -0.2) is 8.78 Å². The summed E-state index contributed by atoms with van der Waals surface area (Å²) in [5, 5.41) is 2.46. The summed E-state index contributed by atoms with van der Waals surface area (Å²) in [6.07, 6.45) is 0.0557. The lowest BCUT2D eigenvalue weighted by atomic mass is 10.1. The minimum atomic E-state index is -0.941. The van der Waals surface area contributed by atoms with E-state index in [2.05, 4.69) is 5.32 Å². The first-order chi connectivity index (χ1) is 8.41. The Morgan fingerprint density at radius 2 is 2.06 bits per heavy atom. The first-order valence-electron chi connectivity index (χ1n) is 5.56. The molecule has 0 saturated heterocycles. The van der Waals surface area contributed by atoms with Crippen molar-refractivity contribution in [1.29, 1.82) is 0 Å². The average Bonchev–Trinajstić information content (AvgIpc) is 2.28. The zero-order chi connectivity index (χ0) is 13.7. The quantitative estimate of drug-likeness (QED) is 0.624. The van der Waals surface area contributed by atoms with Crippen LogP contribution in [0.3, 0.4) is 0 Å². The predicted octanol–water partition coefficient (Wildman–Crippen LogP) is 1.70. The minimum Gasteiger partial charge on any atom is -0.396 e. The zero-order valence-corrected chi connectivity index (χ0v) is 10.3. The molecule has 1 aromatic carbocycles. The Hall–Kier alpha value is -1.69. The Morgan fingerprint density at radius 1 is 1.39 bits per heavy atom. The van der Waals surface area contributed by atoms with E-state index in [9.17, 15) is 13.6 Å². The van der Waals surface area contributed by atoms with Gasteiger partial charge in [-0.2, -0.15) is 0 Å². The van der Waals surface area contributed by atoms with Crippen molar-refractivity contribution < 1.29 is 18.3 Å². The molecule has 1 aromatic rings. The number of amides is 1. The number of halogens is 2. The number of hydrogen-bond donors (Lipinski definition) is 2. The van der Waals surface area contributed by atoms with E-state index in [1.165, 1.54) is 0 Å². The van der Waals surface area contributed by atoms with Gasteiger partial charge < -0.3 is 15.8 Å². The standard InChI is InChI=1S/C12H16F2N2O2/c1-7(2)18-4-3-16-12(17)8-5-11(15)10(14)6-9(8)13/h5-7H,3-4,15H2,1-2H3,(H,16,17). The number of benzene rings is 1. The summed E-state index contributed by atoms with van der Waals surface area (Å²) in [6, 6.07) is 1.57. The maximum atomic E-state index is 13.3. The third-order valence-electron chi connectivity index (χ3n) is 2.17. The number of nitrogens with one attached hydrogen (secondary N) is 1. The summed E-state index contributed by atoms with van der Waals surface area (Å²) in [4.78, 5) is 11.6. The topological polar surface area (TPSA) is 64.3 Å². The predicted molar refractivity (Wildman–Crippen MR) is 64.2 cm³/mol. The van der Waals surface area contributed by atoms with Crippen LogP contribution in [-0.2, 0) is 4.74 Å². The molecule has 4 nitrogen and oxygen atoms in total. The van der Waals surface area contributed by atoms with Gasteiger partial charge in [0.15, 0.2) is 0 Å². The third-order valence-corrected chi connectivity index (χ3v) is 2.17. The Balaban J connectivity index is 2.59. The molecular formula is C12H16F2N2O2. The zero-order valence-electron chi connectivity index (χ0n) is 10.3. The van der Waals surface area contributed by atoms with Crippen LogP contribution in [0.4, 0.5) is 14.5 Å². The van der Waals surface area contributed by atoms with Crippen LogP contribution in [0.25, 0.3) is 0 Å². The van der Waals surface area contributed by atoms with Crippen LogP contribution < -0.4 is 11.1 Å². The van der Waals surface area contributed by atoms with Crippen LogP contribution >= 0.6 is 0 Å². The summed E-state index contributed by atoms with van der Waals surface area (Å²) in [7, 11) is 0. The fraction of sp³-hybridized carbons (Fsp3) is 0.417. The molecule has 0 heterocycles. The Bertz CT molecular complexity index is 436. The van der Waals surface area contributed by atoms with Gasteiger partial charge in [0.2, 0.25) is 0 Å². The number of nitrogens with two attached hydrogens (primary N) is 1. The van der Waals surface area contributed by atoms with Crippen LogP contribution in [0.5, 0.6) is 0 Å². The van der Waals surface area contributed by atoms with Crippen molar-refractivity contribution in [3.8, 4) is 0 Å². The van der Waals surface area contributed by atoms with Gasteiger partial charge in [0.25, 0.3) is 5.91 Å². The second-order valence-corrected chi connectivity index (χ2v) is 4.03. The summed E-state index contributed by atoms with van der Waals surface area (Å²) in [5.74, 6) is -2.47. The van der Waals surface area contributed by atoms with Crippen LogP contribution in [-0.4, -0.2) is 25.2 Å². The SMILES string of the molecule is CC(C)OCCNC(=O)c1cc(N)c(F)cc1F. The van der Waals surface area contributed by atoms with Crippen molar-refractivity contribution in [2.75, 3.05) is 18.9 Å². The Morgan fingerprint density at radius 3 is 2.67 bits per heavy atom. The summed E-state index contributed by atoms with van der Waals surface area (Å²) in [5.41, 5.74) is 4.73. The number of anilines is 1. The van der Waals surface area contributed by atoms with E-state index in [0.29, 0.717) is 12.7 Å². The first kappa shape index (κ1) is 14.4. The molecule has 0 bridgehead atoms. The van der Waals surface area contributed by atoms with E-state index in [4.69, 9.17) is 10.5 Å². The number of rotatable bonds is 5. The molecule has 0 aliphatic carbocycles. The van der Waals surface area contributed by atoms with Crippen molar-refractivity contribution >= 4 is 11.6 Å². The van der Waals surface area contributed by atoms with Gasteiger partial charge in [0, 0.05) is 12.6 Å². The highest BCUT2D eigenvalue weighted by Crippen LogP contribution is 2.16. The fourth-order valence-electron chi connectivity index (χ4n) is 1.29. The Labute approximate surface area is 104 Å². The van der Waals surface area contributed by atoms with Crippen LogP contribution in [0, 0.1) is 11.6 Å². The summed E-state index contributed by atoms with van der Waals surface area (Å²) >= 11 is 0. The van der Waals surface area contributed by atoms with E-state index >= 15 is 0 Å². The van der Waals surface area contributed by atoms with Crippen molar-refractivity contribution in [2.45, 2.75) is 20.0 Å².